The van der Waals surface area contributed by atoms with E-state index in [1.54, 1.807) is 0 Å². The molecule has 1 fully saturated rings. The third-order valence-electron chi connectivity index (χ3n) is 4.98. The molecule has 4 heteroatoms. The highest BCUT2D eigenvalue weighted by atomic mass is 16.2. The van der Waals surface area contributed by atoms with Crippen LogP contribution in [-0.2, 0) is 6.54 Å². The molecule has 0 radical (unpaired) electrons. The van der Waals surface area contributed by atoms with E-state index in [2.05, 4.69) is 48.2 Å². The lowest BCUT2D eigenvalue weighted by molar-refractivity contribution is 0.0787. The molecule has 0 aromatic heterocycles. The van der Waals surface area contributed by atoms with Crippen LogP contribution in [0.25, 0.3) is 0 Å². The molecule has 2 N–H and O–H groups in total. The zero-order valence-corrected chi connectivity index (χ0v) is 14.9. The highest BCUT2D eigenvalue weighted by molar-refractivity contribution is 5.94. The van der Waals surface area contributed by atoms with Crippen molar-refractivity contribution in [3.8, 4) is 0 Å². The fourth-order valence-corrected chi connectivity index (χ4v) is 3.40. The third-order valence-corrected chi connectivity index (χ3v) is 4.98. The Kier molecular flexibility index (Phi) is 5.71. The van der Waals surface area contributed by atoms with Gasteiger partial charge in [0.2, 0.25) is 0 Å². The normalized spacial score (nSPS) is 16.9. The maximum atomic E-state index is 12.6. The van der Waals surface area contributed by atoms with E-state index in [0.717, 1.165) is 43.9 Å². The highest BCUT2D eigenvalue weighted by Gasteiger charge is 2.25. The predicted molar refractivity (Wildman–Crippen MR) is 103 cm³/mol. The zero-order chi connectivity index (χ0) is 17.6. The molecule has 4 nitrogen and oxygen atoms in total. The second-order valence-electron chi connectivity index (χ2n) is 6.69. The molecule has 1 amide bonds. The molecule has 0 spiro atoms. The first-order chi connectivity index (χ1) is 12.2. The molecule has 0 saturated carbocycles. The SMILES string of the molecule is CCN(Cc1ccccc1)c1ccc(C(=O)N2CCC(CN)C2)cc1. The Morgan fingerprint density at radius 2 is 1.88 bits per heavy atom. The zero-order valence-electron chi connectivity index (χ0n) is 14.9. The summed E-state index contributed by atoms with van der Waals surface area (Å²) in [5, 5.41) is 0. The second kappa shape index (κ2) is 8.17. The van der Waals surface area contributed by atoms with Crippen molar-refractivity contribution in [2.45, 2.75) is 19.9 Å². The van der Waals surface area contributed by atoms with E-state index in [1.165, 1.54) is 5.56 Å². The monoisotopic (exact) mass is 337 g/mol. The van der Waals surface area contributed by atoms with Crippen molar-refractivity contribution in [1.29, 1.82) is 0 Å². The summed E-state index contributed by atoms with van der Waals surface area (Å²) in [5.74, 6) is 0.568. The van der Waals surface area contributed by atoms with Gasteiger partial charge in [0.05, 0.1) is 0 Å². The number of nitrogens with two attached hydrogens (primary N) is 1. The minimum Gasteiger partial charge on any atom is -0.367 e. The molecular formula is C21H27N3O. The first-order valence-electron chi connectivity index (χ1n) is 9.09. The molecule has 25 heavy (non-hydrogen) atoms. The van der Waals surface area contributed by atoms with Crippen molar-refractivity contribution in [2.24, 2.45) is 11.7 Å². The topological polar surface area (TPSA) is 49.6 Å². The van der Waals surface area contributed by atoms with Gasteiger partial charge in [-0.05, 0) is 55.6 Å². The van der Waals surface area contributed by atoms with Crippen LogP contribution in [0.1, 0.15) is 29.3 Å². The number of carbonyl (C=O) groups is 1. The van der Waals surface area contributed by atoms with Gasteiger partial charge in [0, 0.05) is 37.4 Å². The van der Waals surface area contributed by atoms with Crippen molar-refractivity contribution < 1.29 is 4.79 Å². The fourth-order valence-electron chi connectivity index (χ4n) is 3.40. The third kappa shape index (κ3) is 4.20. The molecule has 3 rings (SSSR count). The molecule has 1 atom stereocenters. The Labute approximate surface area is 150 Å². The standard InChI is InChI=1S/C21H27N3O/c1-2-23(15-17-6-4-3-5-7-17)20-10-8-19(9-11-20)21(25)24-13-12-18(14-22)16-24/h3-11,18H,2,12-16,22H2,1H3. The Hall–Kier alpha value is -2.33. The van der Waals surface area contributed by atoms with Gasteiger partial charge in [-0.1, -0.05) is 30.3 Å². The lowest BCUT2D eigenvalue weighted by atomic mass is 10.1. The first kappa shape index (κ1) is 17.5. The van der Waals surface area contributed by atoms with Gasteiger partial charge in [0.1, 0.15) is 0 Å². The quantitative estimate of drug-likeness (QED) is 0.881. The number of rotatable bonds is 6. The molecule has 1 unspecified atom stereocenters. The van der Waals surface area contributed by atoms with Crippen LogP contribution in [0, 0.1) is 5.92 Å². The Morgan fingerprint density at radius 3 is 2.48 bits per heavy atom. The van der Waals surface area contributed by atoms with Gasteiger partial charge in [-0.25, -0.2) is 0 Å². The lowest BCUT2D eigenvalue weighted by Crippen LogP contribution is -2.30. The van der Waals surface area contributed by atoms with Gasteiger partial charge in [-0.3, -0.25) is 4.79 Å². The predicted octanol–water partition coefficient (Wildman–Crippen LogP) is 3.13. The summed E-state index contributed by atoms with van der Waals surface area (Å²) in [7, 11) is 0. The van der Waals surface area contributed by atoms with Crippen LogP contribution < -0.4 is 10.6 Å². The maximum Gasteiger partial charge on any atom is 0.253 e. The van der Waals surface area contributed by atoms with Gasteiger partial charge in [-0.15, -0.1) is 0 Å². The number of hydrogen-bond acceptors (Lipinski definition) is 3. The van der Waals surface area contributed by atoms with Crippen LogP contribution in [0.15, 0.2) is 54.6 Å². The summed E-state index contributed by atoms with van der Waals surface area (Å²) in [6.07, 6.45) is 1.01. The summed E-state index contributed by atoms with van der Waals surface area (Å²) in [5.41, 5.74) is 8.91. The van der Waals surface area contributed by atoms with Crippen molar-refractivity contribution in [2.75, 3.05) is 31.1 Å². The molecule has 2 aromatic carbocycles. The summed E-state index contributed by atoms with van der Waals surface area (Å²) >= 11 is 0. The van der Waals surface area contributed by atoms with Crippen LogP contribution >= 0.6 is 0 Å². The number of anilines is 1. The van der Waals surface area contributed by atoms with Crippen LogP contribution in [0.3, 0.4) is 0 Å². The van der Waals surface area contributed by atoms with Gasteiger partial charge in [0.25, 0.3) is 5.91 Å². The molecule has 0 aliphatic carbocycles. The number of nitrogens with zero attached hydrogens (tertiary/aromatic N) is 2. The summed E-state index contributed by atoms with van der Waals surface area (Å²) < 4.78 is 0. The van der Waals surface area contributed by atoms with Crippen molar-refractivity contribution >= 4 is 11.6 Å². The Bertz CT molecular complexity index is 684. The van der Waals surface area contributed by atoms with Crippen LogP contribution in [0.5, 0.6) is 0 Å². The van der Waals surface area contributed by atoms with Crippen molar-refractivity contribution in [3.05, 3.63) is 65.7 Å². The van der Waals surface area contributed by atoms with Crippen LogP contribution in [0.4, 0.5) is 5.69 Å². The number of hydrogen-bond donors (Lipinski definition) is 1. The summed E-state index contributed by atoms with van der Waals surface area (Å²) in [4.78, 5) is 16.9. The van der Waals surface area contributed by atoms with E-state index >= 15 is 0 Å². The molecule has 1 aliphatic heterocycles. The van der Waals surface area contributed by atoms with E-state index in [9.17, 15) is 4.79 Å². The number of carbonyl (C=O) groups excluding carboxylic acids is 1. The molecule has 1 heterocycles. The highest BCUT2D eigenvalue weighted by Crippen LogP contribution is 2.21. The molecular weight excluding hydrogens is 310 g/mol. The average molecular weight is 337 g/mol. The van der Waals surface area contributed by atoms with E-state index in [0.29, 0.717) is 12.5 Å². The number of benzene rings is 2. The first-order valence-corrected chi connectivity index (χ1v) is 9.09. The van der Waals surface area contributed by atoms with Gasteiger partial charge in [-0.2, -0.15) is 0 Å². The summed E-state index contributed by atoms with van der Waals surface area (Å²) in [6, 6.07) is 18.4. The van der Waals surface area contributed by atoms with E-state index < -0.39 is 0 Å². The van der Waals surface area contributed by atoms with E-state index in [-0.39, 0.29) is 5.91 Å². The summed E-state index contributed by atoms with van der Waals surface area (Å²) in [6.45, 7) is 6.21. The minimum atomic E-state index is 0.119. The minimum absolute atomic E-state index is 0.119. The molecule has 1 saturated heterocycles. The molecule has 0 bridgehead atoms. The van der Waals surface area contributed by atoms with Crippen LogP contribution in [0.2, 0.25) is 0 Å². The van der Waals surface area contributed by atoms with E-state index in [4.69, 9.17) is 5.73 Å². The smallest absolute Gasteiger partial charge is 0.253 e. The van der Waals surface area contributed by atoms with Gasteiger partial charge < -0.3 is 15.5 Å². The molecule has 1 aliphatic rings. The van der Waals surface area contributed by atoms with Crippen molar-refractivity contribution in [1.82, 2.24) is 4.90 Å². The molecule has 132 valence electrons. The van der Waals surface area contributed by atoms with Gasteiger partial charge >= 0.3 is 0 Å². The van der Waals surface area contributed by atoms with Gasteiger partial charge in [0.15, 0.2) is 0 Å². The maximum absolute atomic E-state index is 12.6. The number of likely N-dealkylation sites (tertiary alicyclic amines) is 1. The Morgan fingerprint density at radius 1 is 1.16 bits per heavy atom. The van der Waals surface area contributed by atoms with E-state index in [1.807, 2.05) is 23.1 Å². The Balaban J connectivity index is 1.67. The molecule has 2 aromatic rings. The largest absolute Gasteiger partial charge is 0.367 e. The second-order valence-corrected chi connectivity index (χ2v) is 6.69. The lowest BCUT2D eigenvalue weighted by Gasteiger charge is -2.24. The fraction of sp³-hybridized carbons (Fsp3) is 0.381. The van der Waals surface area contributed by atoms with Crippen molar-refractivity contribution in [3.63, 3.8) is 0 Å². The average Bonchev–Trinajstić information content (AvgIpc) is 3.16. The number of amides is 1. The van der Waals surface area contributed by atoms with Crippen LogP contribution in [-0.4, -0.2) is 37.0 Å².